The molecule has 0 N–H and O–H groups in total. The highest BCUT2D eigenvalue weighted by Gasteiger charge is 2.21. The number of fused-ring (bicyclic) bond motifs is 1. The van der Waals surface area contributed by atoms with Crippen molar-refractivity contribution in [2.75, 3.05) is 11.4 Å². The third kappa shape index (κ3) is 3.81. The molecule has 0 spiro atoms. The van der Waals surface area contributed by atoms with E-state index < -0.39 is 15.8 Å². The average Bonchev–Trinajstić information content (AvgIpc) is 2.74. The summed E-state index contributed by atoms with van der Waals surface area (Å²) in [6.45, 7) is 1.97. The van der Waals surface area contributed by atoms with E-state index in [1.165, 1.54) is 25.5 Å². The highest BCUT2D eigenvalue weighted by Crippen LogP contribution is 2.29. The minimum Gasteiger partial charge on any atom is -0.438 e. The summed E-state index contributed by atoms with van der Waals surface area (Å²) in [6.07, 6.45) is 1.43. The first-order valence-corrected chi connectivity index (χ1v) is 10.5. The standard InChI is InChI=1S/C22H18FN3O3S/c1-15-3-12-21-20(13-15)22(25-14-24-21)29-18-8-6-17(7-9-18)26(2)30(27,28)19-10-4-16(23)5-11-19/h3-14H,1-2H3. The quantitative estimate of drug-likeness (QED) is 0.465. The number of sulfonamides is 1. The number of ether oxygens (including phenoxy) is 1. The number of halogens is 1. The fourth-order valence-electron chi connectivity index (χ4n) is 2.97. The fourth-order valence-corrected chi connectivity index (χ4v) is 4.16. The molecule has 4 aromatic rings. The van der Waals surface area contributed by atoms with E-state index >= 15 is 0 Å². The van der Waals surface area contributed by atoms with Gasteiger partial charge >= 0.3 is 0 Å². The van der Waals surface area contributed by atoms with Gasteiger partial charge in [0.15, 0.2) is 0 Å². The maximum Gasteiger partial charge on any atom is 0.264 e. The van der Waals surface area contributed by atoms with Gasteiger partial charge in [0.2, 0.25) is 5.88 Å². The Morgan fingerprint density at radius 1 is 0.933 bits per heavy atom. The summed E-state index contributed by atoms with van der Waals surface area (Å²) in [5.74, 6) is 0.433. The van der Waals surface area contributed by atoms with Crippen LogP contribution in [0.4, 0.5) is 10.1 Å². The maximum atomic E-state index is 13.1. The first kappa shape index (κ1) is 19.8. The summed E-state index contributed by atoms with van der Waals surface area (Å²) < 4.78 is 45.7. The van der Waals surface area contributed by atoms with Gasteiger partial charge < -0.3 is 4.74 Å². The minimum absolute atomic E-state index is 0.00884. The van der Waals surface area contributed by atoms with Crippen LogP contribution < -0.4 is 9.04 Å². The lowest BCUT2D eigenvalue weighted by molar-refractivity contribution is 0.468. The van der Waals surface area contributed by atoms with Gasteiger partial charge in [0.1, 0.15) is 17.9 Å². The zero-order chi connectivity index (χ0) is 21.3. The summed E-state index contributed by atoms with van der Waals surface area (Å²) in [4.78, 5) is 8.46. The molecule has 0 saturated carbocycles. The van der Waals surface area contributed by atoms with Gasteiger partial charge in [0.25, 0.3) is 10.0 Å². The van der Waals surface area contributed by atoms with Crippen molar-refractivity contribution in [2.45, 2.75) is 11.8 Å². The third-order valence-electron chi connectivity index (χ3n) is 4.64. The number of aryl methyl sites for hydroxylation is 1. The Hall–Kier alpha value is -3.52. The van der Waals surface area contributed by atoms with Crippen LogP contribution in [0.3, 0.4) is 0 Å². The van der Waals surface area contributed by atoms with E-state index in [0.717, 1.165) is 32.9 Å². The van der Waals surface area contributed by atoms with Crippen LogP contribution in [0.1, 0.15) is 5.56 Å². The molecule has 0 aliphatic heterocycles. The second-order valence-electron chi connectivity index (χ2n) is 6.72. The molecule has 0 saturated heterocycles. The molecular formula is C22H18FN3O3S. The fraction of sp³-hybridized carbons (Fsp3) is 0.0909. The van der Waals surface area contributed by atoms with Crippen molar-refractivity contribution < 1.29 is 17.5 Å². The zero-order valence-electron chi connectivity index (χ0n) is 16.3. The Labute approximate surface area is 173 Å². The average molecular weight is 423 g/mol. The van der Waals surface area contributed by atoms with E-state index in [-0.39, 0.29) is 4.90 Å². The lowest BCUT2D eigenvalue weighted by atomic mass is 10.2. The number of aromatic nitrogens is 2. The van der Waals surface area contributed by atoms with Crippen LogP contribution in [-0.2, 0) is 10.0 Å². The monoisotopic (exact) mass is 423 g/mol. The van der Waals surface area contributed by atoms with Crippen molar-refractivity contribution in [3.63, 3.8) is 0 Å². The number of anilines is 1. The molecular weight excluding hydrogens is 405 g/mol. The highest BCUT2D eigenvalue weighted by molar-refractivity contribution is 7.92. The SMILES string of the molecule is Cc1ccc2ncnc(Oc3ccc(N(C)S(=O)(=O)c4ccc(F)cc4)cc3)c2c1. The molecule has 8 heteroatoms. The van der Waals surface area contributed by atoms with Crippen molar-refractivity contribution in [1.29, 1.82) is 0 Å². The lowest BCUT2D eigenvalue weighted by Gasteiger charge is -2.20. The van der Waals surface area contributed by atoms with E-state index in [2.05, 4.69) is 9.97 Å². The summed E-state index contributed by atoms with van der Waals surface area (Å²) in [5, 5.41) is 0.789. The van der Waals surface area contributed by atoms with Crippen LogP contribution in [-0.4, -0.2) is 25.4 Å². The number of rotatable bonds is 5. The second kappa shape index (κ2) is 7.72. The molecule has 4 rings (SSSR count). The summed E-state index contributed by atoms with van der Waals surface area (Å²) in [6, 6.07) is 17.1. The van der Waals surface area contributed by atoms with E-state index in [4.69, 9.17) is 4.74 Å². The molecule has 30 heavy (non-hydrogen) atoms. The predicted molar refractivity (Wildman–Crippen MR) is 113 cm³/mol. The molecule has 152 valence electrons. The Kier molecular flexibility index (Phi) is 5.09. The van der Waals surface area contributed by atoms with E-state index in [1.54, 1.807) is 24.3 Å². The zero-order valence-corrected chi connectivity index (χ0v) is 17.1. The normalized spacial score (nSPS) is 11.4. The van der Waals surface area contributed by atoms with Gasteiger partial charge in [-0.15, -0.1) is 0 Å². The molecule has 6 nitrogen and oxygen atoms in total. The van der Waals surface area contributed by atoms with Gasteiger partial charge in [-0.25, -0.2) is 22.8 Å². The molecule has 0 unspecified atom stereocenters. The lowest BCUT2D eigenvalue weighted by Crippen LogP contribution is -2.26. The minimum atomic E-state index is -3.81. The molecule has 0 aliphatic rings. The number of nitrogens with zero attached hydrogens (tertiary/aromatic N) is 3. The summed E-state index contributed by atoms with van der Waals surface area (Å²) in [5.41, 5.74) is 2.27. The first-order valence-electron chi connectivity index (χ1n) is 9.08. The molecule has 0 aliphatic carbocycles. The van der Waals surface area contributed by atoms with Crippen molar-refractivity contribution in [1.82, 2.24) is 9.97 Å². The number of hydrogen-bond acceptors (Lipinski definition) is 5. The van der Waals surface area contributed by atoms with Crippen LogP contribution in [0.5, 0.6) is 11.6 Å². The number of hydrogen-bond donors (Lipinski definition) is 0. The molecule has 0 amide bonds. The Morgan fingerprint density at radius 2 is 1.63 bits per heavy atom. The van der Waals surface area contributed by atoms with Crippen molar-refractivity contribution in [3.8, 4) is 11.6 Å². The largest absolute Gasteiger partial charge is 0.438 e. The van der Waals surface area contributed by atoms with Gasteiger partial charge in [-0.1, -0.05) is 11.6 Å². The molecule has 0 bridgehead atoms. The smallest absolute Gasteiger partial charge is 0.264 e. The molecule has 0 fully saturated rings. The topological polar surface area (TPSA) is 72.4 Å². The van der Waals surface area contributed by atoms with Gasteiger partial charge in [-0.05, 0) is 67.6 Å². The van der Waals surface area contributed by atoms with Gasteiger partial charge in [0.05, 0.1) is 21.5 Å². The third-order valence-corrected chi connectivity index (χ3v) is 6.44. The maximum absolute atomic E-state index is 13.1. The predicted octanol–water partition coefficient (Wildman–Crippen LogP) is 4.69. The van der Waals surface area contributed by atoms with Crippen LogP contribution in [0.25, 0.3) is 10.9 Å². The second-order valence-corrected chi connectivity index (χ2v) is 8.69. The molecule has 1 aromatic heterocycles. The Bertz CT molecular complexity index is 1310. The number of benzene rings is 3. The van der Waals surface area contributed by atoms with Gasteiger partial charge in [-0.2, -0.15) is 0 Å². The van der Waals surface area contributed by atoms with Gasteiger partial charge in [-0.3, -0.25) is 4.31 Å². The Morgan fingerprint density at radius 3 is 2.33 bits per heavy atom. The van der Waals surface area contributed by atoms with Crippen LogP contribution in [0, 0.1) is 12.7 Å². The molecule has 1 heterocycles. The van der Waals surface area contributed by atoms with E-state index in [0.29, 0.717) is 17.3 Å². The molecule has 0 atom stereocenters. The van der Waals surface area contributed by atoms with Crippen molar-refractivity contribution in [2.24, 2.45) is 0 Å². The molecule has 0 radical (unpaired) electrons. The Balaban J connectivity index is 1.59. The van der Waals surface area contributed by atoms with Gasteiger partial charge in [0, 0.05) is 7.05 Å². The van der Waals surface area contributed by atoms with Crippen LogP contribution >= 0.6 is 0 Å². The summed E-state index contributed by atoms with van der Waals surface area (Å²) >= 11 is 0. The van der Waals surface area contributed by atoms with E-state index in [9.17, 15) is 12.8 Å². The van der Waals surface area contributed by atoms with Crippen LogP contribution in [0.15, 0.2) is 78.0 Å². The van der Waals surface area contributed by atoms with Crippen LogP contribution in [0.2, 0.25) is 0 Å². The highest BCUT2D eigenvalue weighted by atomic mass is 32.2. The summed E-state index contributed by atoms with van der Waals surface area (Å²) in [7, 11) is -2.37. The van der Waals surface area contributed by atoms with Crippen molar-refractivity contribution >= 4 is 26.6 Å². The van der Waals surface area contributed by atoms with E-state index in [1.807, 2.05) is 25.1 Å². The first-order chi connectivity index (χ1) is 14.3. The van der Waals surface area contributed by atoms with Crippen molar-refractivity contribution in [3.05, 3.63) is 84.4 Å². The molecule has 3 aromatic carbocycles.